The average molecular weight is 279 g/mol. The van der Waals surface area contributed by atoms with Crippen LogP contribution in [0.1, 0.15) is 22.8 Å². The molecule has 0 saturated carbocycles. The summed E-state index contributed by atoms with van der Waals surface area (Å²) >= 11 is 5.88. The normalized spacial score (nSPS) is 10.5. The number of ether oxygens (including phenoxy) is 1. The maximum atomic E-state index is 12.2. The van der Waals surface area contributed by atoms with Crippen LogP contribution < -0.4 is 4.74 Å². The van der Waals surface area contributed by atoms with Crippen molar-refractivity contribution in [3.05, 3.63) is 46.7 Å². The monoisotopic (exact) mass is 278 g/mol. The summed E-state index contributed by atoms with van der Waals surface area (Å²) in [6, 6.07) is 5.02. The molecule has 0 amide bonds. The molecule has 2 aromatic rings. The van der Waals surface area contributed by atoms with Gasteiger partial charge in [-0.15, -0.1) is 0 Å². The van der Waals surface area contributed by atoms with Crippen LogP contribution in [-0.2, 0) is 13.0 Å². The zero-order valence-corrected chi connectivity index (χ0v) is 11.6. The Bertz CT molecular complexity index is 593. The predicted molar refractivity (Wildman–Crippen MR) is 73.9 cm³/mol. The van der Waals surface area contributed by atoms with Gasteiger partial charge in [0.05, 0.1) is 18.9 Å². The third kappa shape index (κ3) is 3.15. The molecule has 0 fully saturated rings. The minimum atomic E-state index is -0.0100. The molecular formula is C14H15ClN2O2. The van der Waals surface area contributed by atoms with E-state index in [9.17, 15) is 4.79 Å². The molecule has 0 aliphatic carbocycles. The number of hydrogen-bond acceptors (Lipinski definition) is 3. The first kappa shape index (κ1) is 13.6. The van der Waals surface area contributed by atoms with Gasteiger partial charge in [0.25, 0.3) is 0 Å². The molecule has 0 atom stereocenters. The topological polar surface area (TPSA) is 44.1 Å². The number of rotatable bonds is 5. The number of nitrogens with zero attached hydrogens (tertiary/aromatic N) is 2. The van der Waals surface area contributed by atoms with Crippen LogP contribution in [0.3, 0.4) is 0 Å². The van der Waals surface area contributed by atoms with Gasteiger partial charge >= 0.3 is 0 Å². The average Bonchev–Trinajstić information content (AvgIpc) is 2.86. The molecule has 0 unspecified atom stereocenters. The lowest BCUT2D eigenvalue weighted by Gasteiger charge is -2.07. The molecule has 2 rings (SSSR count). The van der Waals surface area contributed by atoms with E-state index in [0.717, 1.165) is 12.1 Å². The summed E-state index contributed by atoms with van der Waals surface area (Å²) in [7, 11) is 1.53. The lowest BCUT2D eigenvalue weighted by atomic mass is 10.0. The number of aromatic nitrogens is 2. The molecule has 0 aliphatic rings. The van der Waals surface area contributed by atoms with Crippen LogP contribution in [0.4, 0.5) is 0 Å². The minimum absolute atomic E-state index is 0.0100. The Kier molecular flexibility index (Phi) is 4.22. The highest BCUT2D eigenvalue weighted by Gasteiger charge is 2.14. The van der Waals surface area contributed by atoms with Gasteiger partial charge in [0, 0.05) is 24.2 Å². The summed E-state index contributed by atoms with van der Waals surface area (Å²) in [5, 5.41) is 4.70. The van der Waals surface area contributed by atoms with Gasteiger partial charge in [-0.3, -0.25) is 9.48 Å². The number of carbonyl (C=O) groups excluding carboxylic acids is 1. The van der Waals surface area contributed by atoms with Gasteiger partial charge in [-0.05, 0) is 30.7 Å². The number of aryl methyl sites for hydroxylation is 1. The third-order valence-electron chi connectivity index (χ3n) is 2.84. The van der Waals surface area contributed by atoms with Crippen molar-refractivity contribution in [1.29, 1.82) is 0 Å². The highest BCUT2D eigenvalue weighted by Crippen LogP contribution is 2.24. The van der Waals surface area contributed by atoms with Crippen molar-refractivity contribution >= 4 is 17.4 Å². The molecule has 0 N–H and O–H groups in total. The van der Waals surface area contributed by atoms with Crippen LogP contribution in [-0.4, -0.2) is 22.7 Å². The van der Waals surface area contributed by atoms with Crippen LogP contribution in [0.2, 0.25) is 5.02 Å². The lowest BCUT2D eigenvalue weighted by molar-refractivity contribution is 0.0990. The Hall–Kier alpha value is -1.81. The Morgan fingerprint density at radius 3 is 2.89 bits per heavy atom. The number of carbonyl (C=O) groups is 1. The number of halogens is 1. The molecule has 1 aromatic heterocycles. The van der Waals surface area contributed by atoms with Crippen LogP contribution in [0.5, 0.6) is 5.75 Å². The Morgan fingerprint density at radius 2 is 2.26 bits per heavy atom. The van der Waals surface area contributed by atoms with E-state index in [1.807, 2.05) is 13.1 Å². The molecular weight excluding hydrogens is 264 g/mol. The smallest absolute Gasteiger partial charge is 0.171 e. The van der Waals surface area contributed by atoms with Crippen LogP contribution in [0.15, 0.2) is 30.6 Å². The summed E-state index contributed by atoms with van der Waals surface area (Å²) in [5.41, 5.74) is 1.43. The van der Waals surface area contributed by atoms with Crippen molar-refractivity contribution in [2.75, 3.05) is 7.11 Å². The number of ketones is 1. The van der Waals surface area contributed by atoms with E-state index in [2.05, 4.69) is 5.10 Å². The summed E-state index contributed by atoms with van der Waals surface area (Å²) in [6.07, 6.45) is 3.89. The minimum Gasteiger partial charge on any atom is -0.496 e. The zero-order valence-electron chi connectivity index (χ0n) is 10.9. The van der Waals surface area contributed by atoms with Crippen molar-refractivity contribution in [2.24, 2.45) is 0 Å². The highest BCUT2D eigenvalue weighted by molar-refractivity contribution is 6.30. The summed E-state index contributed by atoms with van der Waals surface area (Å²) < 4.78 is 6.98. The molecule has 0 saturated heterocycles. The zero-order chi connectivity index (χ0) is 13.8. The van der Waals surface area contributed by atoms with Crippen LogP contribution >= 0.6 is 11.6 Å². The van der Waals surface area contributed by atoms with E-state index >= 15 is 0 Å². The molecule has 100 valence electrons. The van der Waals surface area contributed by atoms with Gasteiger partial charge in [0.1, 0.15) is 5.75 Å². The fourth-order valence-electron chi connectivity index (χ4n) is 1.85. The lowest BCUT2D eigenvalue weighted by Crippen LogP contribution is -2.05. The largest absolute Gasteiger partial charge is 0.496 e. The second-order valence-corrected chi connectivity index (χ2v) is 4.59. The first-order valence-corrected chi connectivity index (χ1v) is 6.40. The van der Waals surface area contributed by atoms with E-state index in [0.29, 0.717) is 22.8 Å². The van der Waals surface area contributed by atoms with Crippen molar-refractivity contribution in [2.45, 2.75) is 19.9 Å². The molecule has 5 heteroatoms. The second-order valence-electron chi connectivity index (χ2n) is 4.15. The van der Waals surface area contributed by atoms with Gasteiger partial charge in [0.2, 0.25) is 0 Å². The molecule has 1 aromatic carbocycles. The van der Waals surface area contributed by atoms with Gasteiger partial charge < -0.3 is 4.74 Å². The first-order valence-electron chi connectivity index (χ1n) is 6.02. The van der Waals surface area contributed by atoms with Crippen molar-refractivity contribution < 1.29 is 9.53 Å². The Morgan fingerprint density at radius 1 is 1.47 bits per heavy atom. The van der Waals surface area contributed by atoms with E-state index in [-0.39, 0.29) is 5.78 Å². The van der Waals surface area contributed by atoms with Crippen molar-refractivity contribution in [1.82, 2.24) is 9.78 Å². The number of hydrogen-bond donors (Lipinski definition) is 0. The molecule has 4 nitrogen and oxygen atoms in total. The number of Topliss-reactive ketones (excluding diaryl/α,β-unsaturated/α-hetero) is 1. The number of methoxy groups -OCH3 is 1. The summed E-state index contributed by atoms with van der Waals surface area (Å²) in [5.74, 6) is 0.490. The molecule has 0 spiro atoms. The quantitative estimate of drug-likeness (QED) is 0.790. The highest BCUT2D eigenvalue weighted by atomic mass is 35.5. The van der Waals surface area contributed by atoms with Crippen molar-refractivity contribution in [3.63, 3.8) is 0 Å². The van der Waals surface area contributed by atoms with E-state index in [1.54, 1.807) is 29.1 Å². The Balaban J connectivity index is 2.20. The molecule has 19 heavy (non-hydrogen) atoms. The summed E-state index contributed by atoms with van der Waals surface area (Å²) in [6.45, 7) is 2.79. The molecule has 1 heterocycles. The fraction of sp³-hybridized carbons (Fsp3) is 0.286. The molecule has 0 bridgehead atoms. The Labute approximate surface area is 116 Å². The molecule has 0 aliphatic heterocycles. The molecule has 0 radical (unpaired) electrons. The standard InChI is InChI=1S/C14H15ClN2O2/c1-3-17-9-10(8-16-17)6-13(18)12-5-4-11(15)7-14(12)19-2/h4-5,7-9H,3,6H2,1-2H3. The van der Waals surface area contributed by atoms with E-state index in [1.165, 1.54) is 7.11 Å². The van der Waals surface area contributed by atoms with Crippen LogP contribution in [0.25, 0.3) is 0 Å². The van der Waals surface area contributed by atoms with Gasteiger partial charge in [-0.2, -0.15) is 5.10 Å². The predicted octanol–water partition coefficient (Wildman–Crippen LogP) is 2.99. The van der Waals surface area contributed by atoms with Gasteiger partial charge in [-0.1, -0.05) is 11.6 Å². The maximum absolute atomic E-state index is 12.2. The van der Waals surface area contributed by atoms with E-state index in [4.69, 9.17) is 16.3 Å². The maximum Gasteiger partial charge on any atom is 0.171 e. The van der Waals surface area contributed by atoms with Crippen molar-refractivity contribution in [3.8, 4) is 5.75 Å². The van der Waals surface area contributed by atoms with E-state index < -0.39 is 0 Å². The second kappa shape index (κ2) is 5.89. The fourth-order valence-corrected chi connectivity index (χ4v) is 2.01. The third-order valence-corrected chi connectivity index (χ3v) is 3.07. The van der Waals surface area contributed by atoms with Crippen LogP contribution in [0, 0.1) is 0 Å². The van der Waals surface area contributed by atoms with Gasteiger partial charge in [0.15, 0.2) is 5.78 Å². The SMILES string of the molecule is CCn1cc(CC(=O)c2ccc(Cl)cc2OC)cn1. The van der Waals surface area contributed by atoms with Gasteiger partial charge in [-0.25, -0.2) is 0 Å². The summed E-state index contributed by atoms with van der Waals surface area (Å²) in [4.78, 5) is 12.2. The first-order chi connectivity index (χ1) is 9.13. The number of benzene rings is 1.